The van der Waals surface area contributed by atoms with Gasteiger partial charge in [-0.1, -0.05) is 19.9 Å². The summed E-state index contributed by atoms with van der Waals surface area (Å²) in [6, 6.07) is 13.7. The van der Waals surface area contributed by atoms with Crippen molar-refractivity contribution >= 4 is 46.2 Å². The molecule has 2 bridgehead atoms. The third-order valence-corrected chi connectivity index (χ3v) is 17.2. The van der Waals surface area contributed by atoms with Crippen LogP contribution in [0.15, 0.2) is 60.9 Å². The average molecular weight is 1010 g/mol. The number of carbonyl (C=O) groups excluding carboxylic acids is 4. The van der Waals surface area contributed by atoms with E-state index in [-0.39, 0.29) is 47.9 Å². The number of hydrogen-bond donors (Lipinski definition) is 4. The Labute approximate surface area is 425 Å². The van der Waals surface area contributed by atoms with Crippen molar-refractivity contribution in [1.29, 1.82) is 0 Å². The van der Waals surface area contributed by atoms with Gasteiger partial charge in [0.25, 0.3) is 0 Å². The largest absolute Gasteiger partial charge is 0.464 e. The zero-order chi connectivity index (χ0) is 50.2. The maximum Gasteiger partial charge on any atom is 0.407 e. The van der Waals surface area contributed by atoms with Crippen molar-refractivity contribution in [3.63, 3.8) is 0 Å². The minimum Gasteiger partial charge on any atom is -0.464 e. The number of ether oxygens (including phenoxy) is 4. The summed E-state index contributed by atoms with van der Waals surface area (Å²) in [5, 5.41) is 6.48. The van der Waals surface area contributed by atoms with Gasteiger partial charge < -0.3 is 49.3 Å². The Balaban J connectivity index is 0.841. The summed E-state index contributed by atoms with van der Waals surface area (Å²) in [7, 11) is 2.59. The molecule has 382 valence electrons. The molecule has 19 heteroatoms. The van der Waals surface area contributed by atoms with Crippen LogP contribution in [0.5, 0.6) is 5.75 Å². The lowest BCUT2D eigenvalue weighted by Gasteiger charge is -2.36. The first-order valence-electron chi connectivity index (χ1n) is 25.7. The molecule has 2 unspecified atom stereocenters. The maximum atomic E-state index is 17.0. The highest BCUT2D eigenvalue weighted by Crippen LogP contribution is 2.51. The number of fused-ring (bicyclic) bond motifs is 7. The van der Waals surface area contributed by atoms with Crippen LogP contribution in [0.4, 0.5) is 14.0 Å². The molecule has 12 rings (SSSR count). The van der Waals surface area contributed by atoms with Crippen molar-refractivity contribution in [2.45, 2.75) is 127 Å². The number of nitrogens with one attached hydrogen (secondary N) is 4. The number of carbonyl (C=O) groups is 4. The number of thiophene rings is 1. The number of benzene rings is 2. The highest BCUT2D eigenvalue weighted by molar-refractivity contribution is 7.12. The Morgan fingerprint density at radius 1 is 0.767 bits per heavy atom. The fraction of sp³-hybridized carbons (Fsp3) is 0.481. The molecule has 4 amide bonds. The van der Waals surface area contributed by atoms with E-state index < -0.39 is 36.3 Å². The monoisotopic (exact) mass is 1010 g/mol. The SMILES string of the molecule is COC(=O)N[C@H](C(=O)N1CCC[C@H]1c1ncc(-c2cc(F)c3c(c2)O[C@@H](c2ccc(C4CC4)s2)n2c-3cc3cc(-c4cnc([C@@H]5CCCN5C(=O)[C@@H](NC(=O)OC)C5CC6CCC(C5)O6)[nH]4)ccc32)[nH]1)C(C)C. The van der Waals surface area contributed by atoms with Crippen LogP contribution in [-0.2, 0) is 23.8 Å². The second-order valence-corrected chi connectivity index (χ2v) is 22.0. The molecule has 9 heterocycles. The summed E-state index contributed by atoms with van der Waals surface area (Å²) >= 11 is 1.73. The van der Waals surface area contributed by atoms with Crippen molar-refractivity contribution in [1.82, 2.24) is 44.9 Å². The lowest BCUT2D eigenvalue weighted by Crippen LogP contribution is -2.54. The molecular weight excluding hydrogens is 954 g/mol. The zero-order valence-electron chi connectivity index (χ0n) is 41.3. The van der Waals surface area contributed by atoms with Gasteiger partial charge >= 0.3 is 12.2 Å². The first-order chi connectivity index (χ1) is 35.4. The second kappa shape index (κ2) is 19.0. The molecule has 2 aromatic carbocycles. The molecule has 7 atom stereocenters. The van der Waals surface area contributed by atoms with Gasteiger partial charge in [0.2, 0.25) is 18.0 Å². The Bertz CT molecular complexity index is 3110. The molecule has 5 aliphatic heterocycles. The van der Waals surface area contributed by atoms with Crippen molar-refractivity contribution in [3.05, 3.63) is 88.1 Å². The van der Waals surface area contributed by atoms with E-state index in [1.807, 2.05) is 43.0 Å². The van der Waals surface area contributed by atoms with Gasteiger partial charge in [-0.3, -0.25) is 14.2 Å². The minimum atomic E-state index is -0.769. The number of aromatic amines is 2. The van der Waals surface area contributed by atoms with Crippen LogP contribution in [-0.4, -0.2) is 110 Å². The van der Waals surface area contributed by atoms with Crippen LogP contribution in [0.1, 0.15) is 124 Å². The fourth-order valence-electron chi connectivity index (χ4n) is 12.1. The standard InChI is InChI=1S/C54H60FN9O8S/c1-27(2)46(60-53(67)69-3)50(65)62-17-5-7-39(62)49-57-26-37(59-49)30-22-35(55)45-41-23-31-19-29(11-14-38(31)64(41)52(72-42(45)24-30)44-16-15-43(73-44)28-9-10-28)36-25-56-48(58-36)40-8-6-18-63(40)51(66)47(61-54(68)70-4)32-20-33-12-13-34(21-32)71-33/h11,14-16,19,22-28,32-34,39-40,46-47,52H,5-10,12-13,17-18,20-21H2,1-4H3,(H,56,58)(H,57,59)(H,60,67)(H,61,68)/t32?,33?,34?,39-,40-,46-,47-,52-/m0/s1. The van der Waals surface area contributed by atoms with Crippen LogP contribution in [0.25, 0.3) is 44.7 Å². The van der Waals surface area contributed by atoms with E-state index in [9.17, 15) is 19.2 Å². The van der Waals surface area contributed by atoms with E-state index in [4.69, 9.17) is 28.9 Å². The Hall–Kier alpha value is -6.73. The molecular formula is C54H60FN9O8S. The maximum absolute atomic E-state index is 17.0. The molecule has 0 spiro atoms. The third kappa shape index (κ3) is 8.70. The zero-order valence-corrected chi connectivity index (χ0v) is 42.1. The van der Waals surface area contributed by atoms with E-state index in [1.165, 1.54) is 38.0 Å². The van der Waals surface area contributed by atoms with Crippen LogP contribution in [0, 0.1) is 17.7 Å². The molecule has 4 aromatic heterocycles. The lowest BCUT2D eigenvalue weighted by atomic mass is 9.87. The van der Waals surface area contributed by atoms with Crippen molar-refractivity contribution in [3.8, 4) is 39.5 Å². The van der Waals surface area contributed by atoms with Gasteiger partial charge in [0.15, 0.2) is 0 Å². The van der Waals surface area contributed by atoms with Gasteiger partial charge in [0.1, 0.15) is 35.3 Å². The number of H-pyrrole nitrogens is 2. The molecule has 4 saturated heterocycles. The predicted octanol–water partition coefficient (Wildman–Crippen LogP) is 9.50. The number of likely N-dealkylation sites (tertiary alicyclic amines) is 2. The van der Waals surface area contributed by atoms with Crippen LogP contribution in [0.2, 0.25) is 0 Å². The summed E-state index contributed by atoms with van der Waals surface area (Å²) in [4.78, 5) is 75.5. The number of amides is 4. The number of alkyl carbamates (subject to hydrolysis) is 2. The predicted molar refractivity (Wildman–Crippen MR) is 269 cm³/mol. The topological polar surface area (TPSA) is 198 Å². The number of rotatable bonds is 12. The van der Waals surface area contributed by atoms with E-state index in [2.05, 4.69) is 43.4 Å². The molecule has 6 aromatic rings. The number of halogens is 1. The molecule has 6 aliphatic rings. The molecule has 73 heavy (non-hydrogen) atoms. The van der Waals surface area contributed by atoms with Crippen LogP contribution < -0.4 is 15.4 Å². The summed E-state index contributed by atoms with van der Waals surface area (Å²) in [5.41, 5.74) is 4.72. The molecule has 4 N–H and O–H groups in total. The minimum absolute atomic E-state index is 0.0556. The van der Waals surface area contributed by atoms with Gasteiger partial charge in [-0.15, -0.1) is 11.3 Å². The Kier molecular flexibility index (Phi) is 12.3. The second-order valence-electron chi connectivity index (χ2n) is 20.9. The quantitative estimate of drug-likeness (QED) is 0.0916. The van der Waals surface area contributed by atoms with Crippen molar-refractivity contribution < 1.29 is 42.5 Å². The van der Waals surface area contributed by atoms with E-state index in [1.54, 1.807) is 28.6 Å². The summed E-state index contributed by atoms with van der Waals surface area (Å²) in [6.45, 7) is 4.81. The normalized spacial score (nSPS) is 24.0. The van der Waals surface area contributed by atoms with E-state index in [0.29, 0.717) is 78.2 Å². The summed E-state index contributed by atoms with van der Waals surface area (Å²) in [5.74, 6) is 1.19. The summed E-state index contributed by atoms with van der Waals surface area (Å²) < 4.78 is 41.9. The molecule has 0 radical (unpaired) electrons. The number of methoxy groups -OCH3 is 2. The van der Waals surface area contributed by atoms with Gasteiger partial charge in [0.05, 0.1) is 83.9 Å². The summed E-state index contributed by atoms with van der Waals surface area (Å²) in [6.07, 6.45) is 10.5. The van der Waals surface area contributed by atoms with Gasteiger partial charge in [-0.2, -0.15) is 0 Å². The Morgan fingerprint density at radius 2 is 1.41 bits per heavy atom. The van der Waals surface area contributed by atoms with E-state index >= 15 is 4.39 Å². The first-order valence-corrected chi connectivity index (χ1v) is 26.6. The van der Waals surface area contributed by atoms with Gasteiger partial charge in [-0.05, 0) is 124 Å². The van der Waals surface area contributed by atoms with E-state index in [0.717, 1.165) is 59.1 Å². The lowest BCUT2D eigenvalue weighted by molar-refractivity contribution is -0.138. The average Bonchev–Trinajstić information content (AvgIpc) is 4.18. The van der Waals surface area contributed by atoms with Crippen LogP contribution in [0.3, 0.4) is 0 Å². The number of nitrogens with zero attached hydrogens (tertiary/aromatic N) is 5. The fourth-order valence-corrected chi connectivity index (χ4v) is 13.3. The van der Waals surface area contributed by atoms with Gasteiger partial charge in [0, 0.05) is 34.5 Å². The molecule has 1 saturated carbocycles. The molecule has 5 fully saturated rings. The highest BCUT2D eigenvalue weighted by Gasteiger charge is 2.45. The highest BCUT2D eigenvalue weighted by atomic mass is 32.1. The van der Waals surface area contributed by atoms with Crippen molar-refractivity contribution in [2.75, 3.05) is 27.3 Å². The van der Waals surface area contributed by atoms with Gasteiger partial charge in [-0.25, -0.2) is 23.9 Å². The molecule has 17 nitrogen and oxygen atoms in total. The smallest absolute Gasteiger partial charge is 0.407 e. The number of hydrogen-bond acceptors (Lipinski definition) is 11. The first kappa shape index (κ1) is 47.3. The third-order valence-electron chi connectivity index (χ3n) is 15.9. The van der Waals surface area contributed by atoms with Crippen LogP contribution >= 0.6 is 11.3 Å². The van der Waals surface area contributed by atoms with Crippen molar-refractivity contribution in [2.24, 2.45) is 11.8 Å². The number of aromatic nitrogens is 5. The Morgan fingerprint density at radius 3 is 2.07 bits per heavy atom. The molecule has 1 aliphatic carbocycles. The number of imidazole rings is 2.